The van der Waals surface area contributed by atoms with Crippen molar-refractivity contribution < 1.29 is 23.8 Å². The number of ether oxygens (including phenoxy) is 3. The van der Waals surface area contributed by atoms with Crippen LogP contribution in [0.25, 0.3) is 11.3 Å². The van der Waals surface area contributed by atoms with Gasteiger partial charge in [-0.2, -0.15) is 0 Å². The van der Waals surface area contributed by atoms with Crippen molar-refractivity contribution >= 4 is 39.7 Å². The molecule has 140 valence electrons. The molecule has 1 N–H and O–H groups in total. The van der Waals surface area contributed by atoms with Gasteiger partial charge < -0.3 is 14.2 Å². The molecule has 0 aliphatic carbocycles. The van der Waals surface area contributed by atoms with Crippen molar-refractivity contribution in [3.8, 4) is 22.8 Å². The van der Waals surface area contributed by atoms with Gasteiger partial charge in [0.15, 0.2) is 11.7 Å². The number of hydrogen-bond donors (Lipinski definition) is 1. The highest BCUT2D eigenvalue weighted by molar-refractivity contribution is 7.14. The first-order valence-electron chi connectivity index (χ1n) is 7.79. The van der Waals surface area contributed by atoms with Crippen molar-refractivity contribution in [3.63, 3.8) is 0 Å². The lowest BCUT2D eigenvalue weighted by Crippen LogP contribution is -2.20. The van der Waals surface area contributed by atoms with Crippen molar-refractivity contribution in [1.29, 1.82) is 0 Å². The Morgan fingerprint density at radius 1 is 1.15 bits per heavy atom. The van der Waals surface area contributed by atoms with Crippen molar-refractivity contribution in [3.05, 3.63) is 46.0 Å². The molecule has 0 saturated carbocycles. The molecule has 0 radical (unpaired) electrons. The van der Waals surface area contributed by atoms with E-state index in [9.17, 15) is 9.59 Å². The summed E-state index contributed by atoms with van der Waals surface area (Å²) in [6.45, 7) is -0.381. The normalized spacial score (nSPS) is 10.3. The molecule has 0 fully saturated rings. The summed E-state index contributed by atoms with van der Waals surface area (Å²) >= 11 is 2.51. The quantitative estimate of drug-likeness (QED) is 0.605. The van der Waals surface area contributed by atoms with E-state index in [4.69, 9.17) is 14.2 Å². The Kier molecular flexibility index (Phi) is 6.05. The van der Waals surface area contributed by atoms with Crippen molar-refractivity contribution in [2.24, 2.45) is 0 Å². The third-order valence-corrected chi connectivity index (χ3v) is 5.10. The average Bonchev–Trinajstić information content (AvgIpc) is 3.37. The predicted octanol–water partition coefficient (Wildman–Crippen LogP) is 3.68. The van der Waals surface area contributed by atoms with E-state index < -0.39 is 11.9 Å². The topological polar surface area (TPSA) is 86.8 Å². The minimum atomic E-state index is -0.527. The van der Waals surface area contributed by atoms with Crippen LogP contribution in [0.5, 0.6) is 11.5 Å². The maximum atomic E-state index is 12.0. The van der Waals surface area contributed by atoms with Crippen LogP contribution < -0.4 is 14.8 Å². The van der Waals surface area contributed by atoms with Crippen LogP contribution in [0.4, 0.5) is 5.13 Å². The Labute approximate surface area is 163 Å². The van der Waals surface area contributed by atoms with Gasteiger partial charge in [0.1, 0.15) is 16.4 Å². The minimum absolute atomic E-state index is 0.381. The highest BCUT2D eigenvalue weighted by Crippen LogP contribution is 2.34. The smallest absolute Gasteiger partial charge is 0.348 e. The lowest BCUT2D eigenvalue weighted by molar-refractivity contribution is -0.119. The van der Waals surface area contributed by atoms with E-state index in [0.717, 1.165) is 5.56 Å². The molecule has 2 heterocycles. The molecule has 1 amide bonds. The van der Waals surface area contributed by atoms with Crippen LogP contribution in [0.1, 0.15) is 9.67 Å². The number of benzene rings is 1. The van der Waals surface area contributed by atoms with Crippen molar-refractivity contribution in [2.75, 3.05) is 26.1 Å². The zero-order valence-electron chi connectivity index (χ0n) is 14.6. The molecular weight excluding hydrogens is 388 g/mol. The number of carbonyl (C=O) groups is 2. The van der Waals surface area contributed by atoms with Gasteiger partial charge in [-0.05, 0) is 29.6 Å². The number of carbonyl (C=O) groups excluding carboxylic acids is 2. The van der Waals surface area contributed by atoms with Crippen molar-refractivity contribution in [1.82, 2.24) is 4.98 Å². The molecule has 1 aromatic carbocycles. The van der Waals surface area contributed by atoms with Gasteiger partial charge in [-0.3, -0.25) is 10.1 Å². The first-order chi connectivity index (χ1) is 13.1. The van der Waals surface area contributed by atoms with Gasteiger partial charge >= 0.3 is 5.97 Å². The molecule has 9 heteroatoms. The van der Waals surface area contributed by atoms with Gasteiger partial charge in [0.25, 0.3) is 5.91 Å². The number of nitrogens with zero attached hydrogens (tertiary/aromatic N) is 1. The van der Waals surface area contributed by atoms with Crippen LogP contribution >= 0.6 is 22.7 Å². The van der Waals surface area contributed by atoms with E-state index in [1.165, 1.54) is 22.7 Å². The first kappa shape index (κ1) is 18.9. The zero-order chi connectivity index (χ0) is 19.2. The molecule has 0 saturated heterocycles. The van der Waals surface area contributed by atoms with E-state index in [2.05, 4.69) is 10.3 Å². The van der Waals surface area contributed by atoms with Crippen LogP contribution in [-0.4, -0.2) is 37.7 Å². The van der Waals surface area contributed by atoms with E-state index in [1.54, 1.807) is 49.2 Å². The maximum Gasteiger partial charge on any atom is 0.348 e. The van der Waals surface area contributed by atoms with E-state index >= 15 is 0 Å². The van der Waals surface area contributed by atoms with Gasteiger partial charge in [0.05, 0.1) is 19.9 Å². The van der Waals surface area contributed by atoms with Crippen LogP contribution in [0, 0.1) is 0 Å². The maximum absolute atomic E-state index is 12.0. The third-order valence-electron chi connectivity index (χ3n) is 3.49. The number of thiophene rings is 1. The fourth-order valence-electron chi connectivity index (χ4n) is 2.22. The van der Waals surface area contributed by atoms with Gasteiger partial charge in [-0.25, -0.2) is 9.78 Å². The minimum Gasteiger partial charge on any atom is -0.497 e. The number of amides is 1. The number of methoxy groups -OCH3 is 2. The first-order valence-corrected chi connectivity index (χ1v) is 9.55. The van der Waals surface area contributed by atoms with Gasteiger partial charge in [0, 0.05) is 10.9 Å². The number of anilines is 1. The SMILES string of the molecule is COc1ccc(OC)c(-c2csc(NC(=O)COC(=O)c3cccs3)n2)c1. The molecule has 27 heavy (non-hydrogen) atoms. The van der Waals surface area contributed by atoms with Gasteiger partial charge in [-0.15, -0.1) is 22.7 Å². The summed E-state index contributed by atoms with van der Waals surface area (Å²) in [4.78, 5) is 28.6. The van der Waals surface area contributed by atoms with Crippen LogP contribution in [0.15, 0.2) is 41.1 Å². The molecule has 3 rings (SSSR count). The van der Waals surface area contributed by atoms with E-state index in [0.29, 0.717) is 27.2 Å². The van der Waals surface area contributed by atoms with Crippen LogP contribution in [0.2, 0.25) is 0 Å². The molecular formula is C18H16N2O5S2. The summed E-state index contributed by atoms with van der Waals surface area (Å²) in [5.41, 5.74) is 1.39. The summed E-state index contributed by atoms with van der Waals surface area (Å²) in [6, 6.07) is 8.77. The summed E-state index contributed by atoms with van der Waals surface area (Å²) < 4.78 is 15.6. The summed E-state index contributed by atoms with van der Waals surface area (Å²) in [5, 5.41) is 6.58. The number of esters is 1. The molecule has 0 aliphatic heterocycles. The Bertz CT molecular complexity index is 937. The molecule has 0 unspecified atom stereocenters. The van der Waals surface area contributed by atoms with Crippen LogP contribution in [0.3, 0.4) is 0 Å². The molecule has 2 aromatic heterocycles. The number of aromatic nitrogens is 1. The standard InChI is InChI=1S/C18H16N2O5S2/c1-23-11-5-6-14(24-2)12(8-11)13-10-27-18(19-13)20-16(21)9-25-17(22)15-4-3-7-26-15/h3-8,10H,9H2,1-2H3,(H,19,20,21). The van der Waals surface area contributed by atoms with E-state index in [1.807, 2.05) is 6.07 Å². The molecule has 0 bridgehead atoms. The van der Waals surface area contributed by atoms with E-state index in [-0.39, 0.29) is 6.61 Å². The van der Waals surface area contributed by atoms with Crippen LogP contribution in [-0.2, 0) is 9.53 Å². The Morgan fingerprint density at radius 2 is 2.00 bits per heavy atom. The van der Waals surface area contributed by atoms with Gasteiger partial charge in [0.2, 0.25) is 0 Å². The lowest BCUT2D eigenvalue weighted by atomic mass is 10.1. The molecule has 7 nitrogen and oxygen atoms in total. The zero-order valence-corrected chi connectivity index (χ0v) is 16.2. The summed E-state index contributed by atoms with van der Waals surface area (Å²) in [7, 11) is 3.15. The second-order valence-electron chi connectivity index (χ2n) is 5.21. The number of thiazole rings is 1. The highest BCUT2D eigenvalue weighted by Gasteiger charge is 2.15. The molecule has 0 spiro atoms. The van der Waals surface area contributed by atoms with Gasteiger partial charge in [-0.1, -0.05) is 6.07 Å². The Balaban J connectivity index is 1.64. The number of nitrogens with one attached hydrogen (secondary N) is 1. The highest BCUT2D eigenvalue weighted by atomic mass is 32.1. The lowest BCUT2D eigenvalue weighted by Gasteiger charge is -2.08. The Hall–Kier alpha value is -2.91. The number of rotatable bonds is 7. The fraction of sp³-hybridized carbons (Fsp3) is 0.167. The second-order valence-corrected chi connectivity index (χ2v) is 7.01. The molecule has 3 aromatic rings. The van der Waals surface area contributed by atoms with Crippen molar-refractivity contribution in [2.45, 2.75) is 0 Å². The Morgan fingerprint density at radius 3 is 2.70 bits per heavy atom. The number of hydrogen-bond acceptors (Lipinski definition) is 8. The third kappa shape index (κ3) is 4.63. The fourth-order valence-corrected chi connectivity index (χ4v) is 3.56. The molecule has 0 atom stereocenters. The molecule has 0 aliphatic rings. The second kappa shape index (κ2) is 8.65. The summed E-state index contributed by atoms with van der Waals surface area (Å²) in [5.74, 6) is 0.327. The predicted molar refractivity (Wildman–Crippen MR) is 104 cm³/mol. The monoisotopic (exact) mass is 404 g/mol. The average molecular weight is 404 g/mol. The largest absolute Gasteiger partial charge is 0.497 e. The summed E-state index contributed by atoms with van der Waals surface area (Å²) in [6.07, 6.45) is 0.